The molecule has 0 N–H and O–H groups in total. The summed E-state index contributed by atoms with van der Waals surface area (Å²) in [7, 11) is 0. The van der Waals surface area contributed by atoms with Crippen LogP contribution in [0.5, 0.6) is 11.6 Å². The van der Waals surface area contributed by atoms with Crippen LogP contribution in [-0.2, 0) is 0 Å². The molecule has 0 aliphatic rings. The Bertz CT molecular complexity index is 613. The summed E-state index contributed by atoms with van der Waals surface area (Å²) in [6, 6.07) is 6.52. The summed E-state index contributed by atoms with van der Waals surface area (Å²) in [5, 5.41) is 0. The van der Waals surface area contributed by atoms with Crippen LogP contribution in [0.2, 0.25) is 0 Å². The molecule has 5 heteroatoms. The highest BCUT2D eigenvalue weighted by molar-refractivity contribution is 5.42. The summed E-state index contributed by atoms with van der Waals surface area (Å²) in [4.78, 5) is 10.6. The molecule has 0 amide bonds. The zero-order valence-corrected chi connectivity index (χ0v) is 13.3. The Kier molecular flexibility index (Phi) is 5.69. The maximum atomic E-state index is 13.8. The van der Waals surface area contributed by atoms with E-state index in [9.17, 15) is 4.39 Å². The first-order valence-electron chi connectivity index (χ1n) is 7.65. The lowest BCUT2D eigenvalue weighted by Crippen LogP contribution is -2.25. The van der Waals surface area contributed by atoms with Gasteiger partial charge in [0, 0.05) is 19.2 Å². The number of nitrogens with zero attached hydrogens (tertiary/aromatic N) is 3. The Morgan fingerprint density at radius 2 is 1.82 bits per heavy atom. The van der Waals surface area contributed by atoms with Crippen LogP contribution in [0, 0.1) is 12.7 Å². The number of aryl methyl sites for hydroxylation is 1. The van der Waals surface area contributed by atoms with Crippen LogP contribution in [0.3, 0.4) is 0 Å². The molecule has 1 aromatic heterocycles. The molecule has 2 rings (SSSR count). The fourth-order valence-electron chi connectivity index (χ4n) is 2.24. The Morgan fingerprint density at radius 1 is 1.09 bits per heavy atom. The normalized spacial score (nSPS) is 10.5. The maximum absolute atomic E-state index is 13.8. The van der Waals surface area contributed by atoms with Gasteiger partial charge in [-0.1, -0.05) is 19.9 Å². The van der Waals surface area contributed by atoms with E-state index in [2.05, 4.69) is 28.7 Å². The molecule has 0 atom stereocenters. The van der Waals surface area contributed by atoms with Crippen LogP contribution in [0.15, 0.2) is 30.6 Å². The minimum Gasteiger partial charge on any atom is -0.436 e. The second kappa shape index (κ2) is 7.73. The Labute approximate surface area is 131 Å². The number of benzene rings is 1. The molecular weight excluding hydrogens is 281 g/mol. The fraction of sp³-hybridized carbons (Fsp3) is 0.412. The van der Waals surface area contributed by atoms with Gasteiger partial charge in [0.2, 0.25) is 5.88 Å². The number of ether oxygens (including phenoxy) is 1. The molecule has 0 aliphatic heterocycles. The van der Waals surface area contributed by atoms with Gasteiger partial charge in [0.1, 0.15) is 12.1 Å². The molecule has 0 saturated carbocycles. The molecule has 22 heavy (non-hydrogen) atoms. The van der Waals surface area contributed by atoms with Crippen molar-refractivity contribution in [1.82, 2.24) is 9.97 Å². The molecule has 2 aromatic rings. The van der Waals surface area contributed by atoms with Crippen molar-refractivity contribution in [3.63, 3.8) is 0 Å². The van der Waals surface area contributed by atoms with Crippen molar-refractivity contribution in [3.8, 4) is 11.6 Å². The van der Waals surface area contributed by atoms with E-state index in [1.807, 2.05) is 6.92 Å². The van der Waals surface area contributed by atoms with Gasteiger partial charge in [-0.05, 0) is 37.5 Å². The third-order valence-corrected chi connectivity index (χ3v) is 3.24. The van der Waals surface area contributed by atoms with Crippen LogP contribution in [0.25, 0.3) is 0 Å². The van der Waals surface area contributed by atoms with Crippen molar-refractivity contribution in [2.24, 2.45) is 0 Å². The number of hydrogen-bond acceptors (Lipinski definition) is 4. The van der Waals surface area contributed by atoms with E-state index in [0.29, 0.717) is 5.88 Å². The molecule has 0 saturated heterocycles. The predicted molar refractivity (Wildman–Crippen MR) is 86.0 cm³/mol. The Hall–Kier alpha value is -2.17. The first-order chi connectivity index (χ1) is 10.6. The fourth-order valence-corrected chi connectivity index (χ4v) is 2.24. The minimum absolute atomic E-state index is 0.183. The van der Waals surface area contributed by atoms with Gasteiger partial charge in [-0.3, -0.25) is 0 Å². The molecule has 0 radical (unpaired) electrons. The molecule has 0 fully saturated rings. The van der Waals surface area contributed by atoms with Crippen molar-refractivity contribution in [2.45, 2.75) is 33.6 Å². The SMILES string of the molecule is CCCN(CCC)c1cc(Oc2cc(C)ccc2F)ncn1. The molecule has 0 bridgehead atoms. The van der Waals surface area contributed by atoms with Gasteiger partial charge in [0.05, 0.1) is 0 Å². The van der Waals surface area contributed by atoms with E-state index in [1.165, 1.54) is 12.4 Å². The molecule has 0 unspecified atom stereocenters. The van der Waals surface area contributed by atoms with Crippen molar-refractivity contribution in [1.29, 1.82) is 0 Å². The molecule has 118 valence electrons. The van der Waals surface area contributed by atoms with E-state index >= 15 is 0 Å². The van der Waals surface area contributed by atoms with Gasteiger partial charge in [0.25, 0.3) is 0 Å². The van der Waals surface area contributed by atoms with E-state index in [-0.39, 0.29) is 5.75 Å². The lowest BCUT2D eigenvalue weighted by molar-refractivity contribution is 0.426. The summed E-state index contributed by atoms with van der Waals surface area (Å²) >= 11 is 0. The molecular formula is C17H22FN3O. The van der Waals surface area contributed by atoms with Gasteiger partial charge in [-0.2, -0.15) is 0 Å². The number of hydrogen-bond donors (Lipinski definition) is 0. The van der Waals surface area contributed by atoms with Crippen molar-refractivity contribution < 1.29 is 9.13 Å². The molecule has 4 nitrogen and oxygen atoms in total. The lowest BCUT2D eigenvalue weighted by atomic mass is 10.2. The summed E-state index contributed by atoms with van der Waals surface area (Å²) in [5.41, 5.74) is 0.935. The van der Waals surface area contributed by atoms with Crippen LogP contribution in [0.1, 0.15) is 32.3 Å². The third kappa shape index (κ3) is 4.16. The zero-order valence-electron chi connectivity index (χ0n) is 13.3. The van der Waals surface area contributed by atoms with Crippen molar-refractivity contribution in [2.75, 3.05) is 18.0 Å². The second-order valence-electron chi connectivity index (χ2n) is 5.24. The minimum atomic E-state index is -0.398. The lowest BCUT2D eigenvalue weighted by Gasteiger charge is -2.22. The standard InChI is InChI=1S/C17H22FN3O/c1-4-8-21(9-5-2)16-11-17(20-12-19-16)22-15-10-13(3)6-7-14(15)18/h6-7,10-12H,4-5,8-9H2,1-3H3. The summed E-state index contributed by atoms with van der Waals surface area (Å²) in [6.07, 6.45) is 3.52. The van der Waals surface area contributed by atoms with Crippen molar-refractivity contribution >= 4 is 5.82 Å². The van der Waals surface area contributed by atoms with E-state index in [4.69, 9.17) is 4.74 Å². The first kappa shape index (κ1) is 16.2. The summed E-state index contributed by atoms with van der Waals surface area (Å²) in [5.74, 6) is 0.945. The van der Waals surface area contributed by atoms with E-state index in [0.717, 1.165) is 37.3 Å². The number of halogens is 1. The summed E-state index contributed by atoms with van der Waals surface area (Å²) in [6.45, 7) is 7.99. The molecule has 0 spiro atoms. The smallest absolute Gasteiger partial charge is 0.224 e. The average Bonchev–Trinajstić information content (AvgIpc) is 2.51. The van der Waals surface area contributed by atoms with E-state index in [1.54, 1.807) is 18.2 Å². The second-order valence-corrected chi connectivity index (χ2v) is 5.24. The Balaban J connectivity index is 2.22. The van der Waals surface area contributed by atoms with Crippen LogP contribution >= 0.6 is 0 Å². The molecule has 1 heterocycles. The first-order valence-corrected chi connectivity index (χ1v) is 7.65. The van der Waals surface area contributed by atoms with Gasteiger partial charge in [-0.25, -0.2) is 14.4 Å². The maximum Gasteiger partial charge on any atom is 0.224 e. The average molecular weight is 303 g/mol. The van der Waals surface area contributed by atoms with Crippen LogP contribution in [-0.4, -0.2) is 23.1 Å². The van der Waals surface area contributed by atoms with Gasteiger partial charge in [-0.15, -0.1) is 0 Å². The van der Waals surface area contributed by atoms with Gasteiger partial charge in [0.15, 0.2) is 11.6 Å². The predicted octanol–water partition coefficient (Wildman–Crippen LogP) is 4.34. The molecule has 0 aliphatic carbocycles. The van der Waals surface area contributed by atoms with Crippen molar-refractivity contribution in [3.05, 3.63) is 42.0 Å². The van der Waals surface area contributed by atoms with Crippen LogP contribution in [0.4, 0.5) is 10.2 Å². The third-order valence-electron chi connectivity index (χ3n) is 3.24. The quantitative estimate of drug-likeness (QED) is 0.762. The highest BCUT2D eigenvalue weighted by atomic mass is 19.1. The highest BCUT2D eigenvalue weighted by Crippen LogP contribution is 2.25. The van der Waals surface area contributed by atoms with Crippen LogP contribution < -0.4 is 9.64 Å². The number of rotatable bonds is 7. The topological polar surface area (TPSA) is 38.2 Å². The van der Waals surface area contributed by atoms with Gasteiger partial charge >= 0.3 is 0 Å². The zero-order chi connectivity index (χ0) is 15.9. The van der Waals surface area contributed by atoms with E-state index < -0.39 is 5.82 Å². The molecule has 1 aromatic carbocycles. The number of anilines is 1. The monoisotopic (exact) mass is 303 g/mol. The summed E-state index contributed by atoms with van der Waals surface area (Å²) < 4.78 is 19.4. The number of aromatic nitrogens is 2. The Morgan fingerprint density at radius 3 is 2.50 bits per heavy atom. The highest BCUT2D eigenvalue weighted by Gasteiger charge is 2.10. The largest absolute Gasteiger partial charge is 0.436 e. The van der Waals surface area contributed by atoms with Gasteiger partial charge < -0.3 is 9.64 Å².